The highest BCUT2D eigenvalue weighted by molar-refractivity contribution is 9.10. The van der Waals surface area contributed by atoms with E-state index in [4.69, 9.17) is 0 Å². The molecule has 1 saturated heterocycles. The molecule has 23 heavy (non-hydrogen) atoms. The van der Waals surface area contributed by atoms with E-state index in [0.29, 0.717) is 12.2 Å². The van der Waals surface area contributed by atoms with Crippen molar-refractivity contribution in [2.24, 2.45) is 7.05 Å². The number of carbonyl (C=O) groups is 1. The number of fused-ring (bicyclic) bond motifs is 1. The van der Waals surface area contributed by atoms with E-state index in [1.54, 1.807) is 10.9 Å². The van der Waals surface area contributed by atoms with Crippen molar-refractivity contribution in [3.05, 3.63) is 46.8 Å². The van der Waals surface area contributed by atoms with E-state index in [0.717, 1.165) is 28.3 Å². The average molecular weight is 374 g/mol. The fourth-order valence-electron chi connectivity index (χ4n) is 3.18. The number of halogens is 1. The topological polar surface area (TPSA) is 56.0 Å². The molecule has 2 aromatic heterocycles. The van der Waals surface area contributed by atoms with Crippen LogP contribution in [0.3, 0.4) is 0 Å². The Morgan fingerprint density at radius 1 is 1.35 bits per heavy atom. The van der Waals surface area contributed by atoms with Gasteiger partial charge >= 0.3 is 0 Å². The molecule has 0 saturated carbocycles. The predicted octanol–water partition coefficient (Wildman–Crippen LogP) is 2.62. The number of aromatic nitrogens is 4. The summed E-state index contributed by atoms with van der Waals surface area (Å²) in [5, 5.41) is 9.67. The van der Waals surface area contributed by atoms with Crippen LogP contribution < -0.4 is 0 Å². The monoisotopic (exact) mass is 373 g/mol. The summed E-state index contributed by atoms with van der Waals surface area (Å²) in [4.78, 5) is 14.7. The van der Waals surface area contributed by atoms with E-state index in [1.165, 1.54) is 0 Å². The van der Waals surface area contributed by atoms with Gasteiger partial charge in [-0.3, -0.25) is 14.2 Å². The van der Waals surface area contributed by atoms with Crippen molar-refractivity contribution in [2.75, 3.05) is 13.1 Å². The van der Waals surface area contributed by atoms with Crippen LogP contribution in [0.4, 0.5) is 0 Å². The molecule has 1 amide bonds. The van der Waals surface area contributed by atoms with Crippen LogP contribution in [0.1, 0.15) is 23.0 Å². The van der Waals surface area contributed by atoms with Gasteiger partial charge in [0.05, 0.1) is 22.2 Å². The lowest BCUT2D eigenvalue weighted by Gasteiger charge is -2.15. The van der Waals surface area contributed by atoms with Crippen molar-refractivity contribution in [3.8, 4) is 0 Å². The minimum absolute atomic E-state index is 0.00415. The van der Waals surface area contributed by atoms with E-state index in [2.05, 4.69) is 26.1 Å². The van der Waals surface area contributed by atoms with Crippen molar-refractivity contribution in [1.29, 1.82) is 0 Å². The minimum Gasteiger partial charge on any atom is -0.335 e. The maximum atomic E-state index is 12.9. The molecule has 1 fully saturated rings. The number of aryl methyl sites for hydroxylation is 1. The van der Waals surface area contributed by atoms with Crippen molar-refractivity contribution >= 4 is 32.7 Å². The summed E-state index contributed by atoms with van der Waals surface area (Å²) in [7, 11) is 1.87. The third kappa shape index (κ3) is 2.45. The van der Waals surface area contributed by atoms with Gasteiger partial charge in [-0.25, -0.2) is 0 Å². The average Bonchev–Trinajstić information content (AvgIpc) is 3.26. The molecule has 0 aliphatic carbocycles. The first-order chi connectivity index (χ1) is 11.1. The second kappa shape index (κ2) is 5.49. The molecule has 6 nitrogen and oxygen atoms in total. The molecular formula is C16H16BrN5O. The lowest BCUT2D eigenvalue weighted by molar-refractivity contribution is 0.0782. The molecule has 7 heteroatoms. The Bertz CT molecular complexity index is 884. The van der Waals surface area contributed by atoms with Gasteiger partial charge < -0.3 is 4.90 Å². The molecule has 1 aliphatic rings. The smallest absolute Gasteiger partial charge is 0.275 e. The summed E-state index contributed by atoms with van der Waals surface area (Å²) in [6, 6.07) is 8.05. The first-order valence-corrected chi connectivity index (χ1v) is 8.33. The van der Waals surface area contributed by atoms with E-state index < -0.39 is 0 Å². The van der Waals surface area contributed by atoms with Crippen molar-refractivity contribution in [2.45, 2.75) is 12.5 Å². The molecular weight excluding hydrogens is 358 g/mol. The highest BCUT2D eigenvalue weighted by Gasteiger charge is 2.30. The van der Waals surface area contributed by atoms with Crippen LogP contribution in [0.2, 0.25) is 0 Å². The van der Waals surface area contributed by atoms with Crippen LogP contribution >= 0.6 is 15.9 Å². The summed E-state index contributed by atoms with van der Waals surface area (Å²) in [5.74, 6) is -0.00415. The molecule has 3 heterocycles. The molecule has 3 aromatic rings. The number of amides is 1. The molecule has 4 rings (SSSR count). The number of likely N-dealkylation sites (tertiary alicyclic amines) is 1. The normalized spacial score (nSPS) is 18.0. The van der Waals surface area contributed by atoms with Crippen LogP contribution in [-0.4, -0.2) is 43.5 Å². The zero-order chi connectivity index (χ0) is 16.0. The quantitative estimate of drug-likeness (QED) is 0.693. The van der Waals surface area contributed by atoms with Crippen molar-refractivity contribution in [3.63, 3.8) is 0 Å². The van der Waals surface area contributed by atoms with Crippen LogP contribution in [0, 0.1) is 0 Å². The summed E-state index contributed by atoms with van der Waals surface area (Å²) < 4.78 is 4.65. The maximum Gasteiger partial charge on any atom is 0.275 e. The minimum atomic E-state index is -0.00415. The molecule has 0 spiro atoms. The number of hydrogen-bond donors (Lipinski definition) is 0. The van der Waals surface area contributed by atoms with Gasteiger partial charge in [0.15, 0.2) is 5.69 Å². The summed E-state index contributed by atoms with van der Waals surface area (Å²) >= 11 is 3.41. The highest BCUT2D eigenvalue weighted by atomic mass is 79.9. The molecule has 0 radical (unpaired) electrons. The molecule has 1 aliphatic heterocycles. The van der Waals surface area contributed by atoms with Crippen LogP contribution in [0.15, 0.2) is 41.1 Å². The van der Waals surface area contributed by atoms with E-state index in [9.17, 15) is 4.79 Å². The van der Waals surface area contributed by atoms with Gasteiger partial charge in [0, 0.05) is 31.7 Å². The van der Waals surface area contributed by atoms with E-state index >= 15 is 0 Å². The Hall–Kier alpha value is -2.15. The molecule has 1 unspecified atom stereocenters. The Morgan fingerprint density at radius 3 is 2.96 bits per heavy atom. The van der Waals surface area contributed by atoms with E-state index in [-0.39, 0.29) is 11.9 Å². The van der Waals surface area contributed by atoms with Gasteiger partial charge in [-0.15, -0.1) is 0 Å². The van der Waals surface area contributed by atoms with Crippen molar-refractivity contribution in [1.82, 2.24) is 24.5 Å². The van der Waals surface area contributed by atoms with Gasteiger partial charge in [0.2, 0.25) is 0 Å². The predicted molar refractivity (Wildman–Crippen MR) is 90.2 cm³/mol. The number of nitrogens with zero attached hydrogens (tertiary/aromatic N) is 5. The fraction of sp³-hybridized carbons (Fsp3) is 0.312. The molecule has 0 bridgehead atoms. The third-order valence-corrected chi connectivity index (χ3v) is 4.76. The van der Waals surface area contributed by atoms with Crippen LogP contribution in [-0.2, 0) is 7.05 Å². The maximum absolute atomic E-state index is 12.9. The lowest BCUT2D eigenvalue weighted by atomic mass is 10.2. The zero-order valence-corrected chi connectivity index (χ0v) is 14.3. The van der Waals surface area contributed by atoms with E-state index in [1.807, 2.05) is 47.1 Å². The lowest BCUT2D eigenvalue weighted by Crippen LogP contribution is -2.29. The van der Waals surface area contributed by atoms with Crippen LogP contribution in [0.25, 0.3) is 10.9 Å². The van der Waals surface area contributed by atoms with Gasteiger partial charge in [-0.05, 0) is 28.4 Å². The summed E-state index contributed by atoms with van der Waals surface area (Å²) in [5.41, 5.74) is 1.51. The Kier molecular flexibility index (Phi) is 3.45. The SMILES string of the molecule is Cn1nc(C(=O)N2CCC(n3cc(Br)cn3)C2)c2ccccc21. The summed E-state index contributed by atoms with van der Waals surface area (Å²) in [6.45, 7) is 1.39. The fourth-order valence-corrected chi connectivity index (χ4v) is 3.48. The number of hydrogen-bond acceptors (Lipinski definition) is 3. The van der Waals surface area contributed by atoms with Crippen molar-refractivity contribution < 1.29 is 4.79 Å². The second-order valence-corrected chi connectivity index (χ2v) is 6.74. The molecule has 1 aromatic carbocycles. The highest BCUT2D eigenvalue weighted by Crippen LogP contribution is 2.26. The van der Waals surface area contributed by atoms with Gasteiger partial charge in [-0.1, -0.05) is 18.2 Å². The second-order valence-electron chi connectivity index (χ2n) is 5.82. The molecule has 0 N–H and O–H groups in total. The third-order valence-electron chi connectivity index (χ3n) is 4.36. The molecule has 118 valence electrons. The zero-order valence-electron chi connectivity index (χ0n) is 12.7. The summed E-state index contributed by atoms with van der Waals surface area (Å²) in [6.07, 6.45) is 4.64. The van der Waals surface area contributed by atoms with Gasteiger partial charge in [0.1, 0.15) is 0 Å². The number of carbonyl (C=O) groups excluding carboxylic acids is 1. The number of rotatable bonds is 2. The first-order valence-electron chi connectivity index (χ1n) is 7.54. The first kappa shape index (κ1) is 14.4. The Balaban J connectivity index is 1.60. The number of benzene rings is 1. The standard InChI is InChI=1S/C16H16BrN5O/c1-20-14-5-3-2-4-13(14)15(19-20)16(23)21-7-6-12(10-21)22-9-11(17)8-18-22/h2-5,8-9,12H,6-7,10H2,1H3. The van der Waals surface area contributed by atoms with Gasteiger partial charge in [-0.2, -0.15) is 10.2 Å². The number of para-hydroxylation sites is 1. The Labute approximate surface area is 141 Å². The van der Waals surface area contributed by atoms with Crippen LogP contribution in [0.5, 0.6) is 0 Å². The largest absolute Gasteiger partial charge is 0.335 e. The van der Waals surface area contributed by atoms with Gasteiger partial charge in [0.25, 0.3) is 5.91 Å². The molecule has 1 atom stereocenters. The Morgan fingerprint density at radius 2 is 2.17 bits per heavy atom.